The summed E-state index contributed by atoms with van der Waals surface area (Å²) in [6.45, 7) is 6.32. The number of nitrogens with zero attached hydrogens (tertiary/aromatic N) is 1. The molecule has 2 rings (SSSR count). The molecule has 0 radical (unpaired) electrons. The Morgan fingerprint density at radius 2 is 1.44 bits per heavy atom. The van der Waals surface area contributed by atoms with E-state index in [9.17, 15) is 9.90 Å². The summed E-state index contributed by atoms with van der Waals surface area (Å²) in [7, 11) is 0. The SMILES string of the molecule is CCN(CC)CC(O)COC(=O)C(c1ccccc1)c1ccccc1. The van der Waals surface area contributed by atoms with Gasteiger partial charge in [0.2, 0.25) is 0 Å². The molecule has 0 aliphatic heterocycles. The minimum atomic E-state index is -0.684. The van der Waals surface area contributed by atoms with Crippen LogP contribution in [0.25, 0.3) is 0 Å². The van der Waals surface area contributed by atoms with Gasteiger partial charge in [0.05, 0.1) is 0 Å². The standard InChI is InChI=1S/C21H27NO3/c1-3-22(4-2)15-19(23)16-25-21(24)20(17-11-7-5-8-12-17)18-13-9-6-10-14-18/h5-14,19-20,23H,3-4,15-16H2,1-2H3. The zero-order valence-electron chi connectivity index (χ0n) is 15.0. The fourth-order valence-corrected chi connectivity index (χ4v) is 2.85. The Kier molecular flexibility index (Phi) is 7.64. The Labute approximate surface area is 150 Å². The smallest absolute Gasteiger partial charge is 0.318 e. The van der Waals surface area contributed by atoms with Crippen LogP contribution in [0.2, 0.25) is 0 Å². The van der Waals surface area contributed by atoms with Crippen molar-refractivity contribution >= 4 is 5.97 Å². The van der Waals surface area contributed by atoms with Crippen molar-refractivity contribution < 1.29 is 14.6 Å². The van der Waals surface area contributed by atoms with Gasteiger partial charge in [-0.15, -0.1) is 0 Å². The first kappa shape index (κ1) is 19.2. The van der Waals surface area contributed by atoms with Crippen molar-refractivity contribution in [3.8, 4) is 0 Å². The summed E-state index contributed by atoms with van der Waals surface area (Å²) in [6, 6.07) is 19.2. The summed E-state index contributed by atoms with van der Waals surface area (Å²) < 4.78 is 5.45. The lowest BCUT2D eigenvalue weighted by atomic mass is 9.91. The molecule has 0 spiro atoms. The van der Waals surface area contributed by atoms with E-state index in [1.165, 1.54) is 0 Å². The summed E-state index contributed by atoms with van der Waals surface area (Å²) in [4.78, 5) is 14.8. The Morgan fingerprint density at radius 1 is 0.960 bits per heavy atom. The van der Waals surface area contributed by atoms with Crippen LogP contribution in [0.3, 0.4) is 0 Å². The van der Waals surface area contributed by atoms with Crippen molar-refractivity contribution in [2.45, 2.75) is 25.9 Å². The highest BCUT2D eigenvalue weighted by Gasteiger charge is 2.25. The molecule has 134 valence electrons. The number of benzene rings is 2. The van der Waals surface area contributed by atoms with E-state index in [0.29, 0.717) is 6.54 Å². The van der Waals surface area contributed by atoms with Gasteiger partial charge < -0.3 is 14.7 Å². The van der Waals surface area contributed by atoms with Crippen molar-refractivity contribution in [1.82, 2.24) is 4.90 Å². The van der Waals surface area contributed by atoms with E-state index in [0.717, 1.165) is 24.2 Å². The molecule has 0 amide bonds. The van der Waals surface area contributed by atoms with Crippen LogP contribution in [0.15, 0.2) is 60.7 Å². The van der Waals surface area contributed by atoms with E-state index >= 15 is 0 Å². The third-order valence-corrected chi connectivity index (χ3v) is 4.28. The number of hydrogen-bond acceptors (Lipinski definition) is 4. The summed E-state index contributed by atoms with van der Waals surface area (Å²) in [6.07, 6.45) is -0.684. The van der Waals surface area contributed by atoms with Crippen molar-refractivity contribution in [1.29, 1.82) is 0 Å². The summed E-state index contributed by atoms with van der Waals surface area (Å²) in [5, 5.41) is 10.1. The maximum absolute atomic E-state index is 12.7. The molecule has 1 N–H and O–H groups in total. The molecule has 0 aliphatic carbocycles. The lowest BCUT2D eigenvalue weighted by Gasteiger charge is -2.23. The van der Waals surface area contributed by atoms with Crippen LogP contribution < -0.4 is 0 Å². The van der Waals surface area contributed by atoms with E-state index in [1.807, 2.05) is 74.5 Å². The van der Waals surface area contributed by atoms with Crippen molar-refractivity contribution in [3.05, 3.63) is 71.8 Å². The number of aliphatic hydroxyl groups is 1. The number of hydrogen-bond donors (Lipinski definition) is 1. The molecule has 2 aromatic carbocycles. The first-order chi connectivity index (χ1) is 12.2. The second-order valence-corrected chi connectivity index (χ2v) is 6.02. The Balaban J connectivity index is 2.07. The van der Waals surface area contributed by atoms with Gasteiger partial charge in [0.25, 0.3) is 0 Å². The van der Waals surface area contributed by atoms with Gasteiger partial charge in [-0.2, -0.15) is 0 Å². The summed E-state index contributed by atoms with van der Waals surface area (Å²) >= 11 is 0. The maximum Gasteiger partial charge on any atom is 0.318 e. The van der Waals surface area contributed by atoms with Crippen LogP contribution in [-0.2, 0) is 9.53 Å². The van der Waals surface area contributed by atoms with Crippen molar-refractivity contribution in [3.63, 3.8) is 0 Å². The highest BCUT2D eigenvalue weighted by molar-refractivity contribution is 5.82. The van der Waals surface area contributed by atoms with Crippen LogP contribution in [-0.4, -0.2) is 48.3 Å². The van der Waals surface area contributed by atoms with Crippen molar-refractivity contribution in [2.75, 3.05) is 26.2 Å². The molecule has 0 bridgehead atoms. The van der Waals surface area contributed by atoms with E-state index in [-0.39, 0.29) is 12.6 Å². The Bertz CT molecular complexity index is 587. The second kappa shape index (κ2) is 9.97. The molecule has 0 aliphatic rings. The molecule has 2 aromatic rings. The van der Waals surface area contributed by atoms with E-state index < -0.39 is 12.0 Å². The highest BCUT2D eigenvalue weighted by atomic mass is 16.5. The Morgan fingerprint density at radius 3 is 1.88 bits per heavy atom. The molecule has 0 fully saturated rings. The first-order valence-electron chi connectivity index (χ1n) is 8.82. The van der Waals surface area contributed by atoms with Crippen LogP contribution >= 0.6 is 0 Å². The molecule has 0 aromatic heterocycles. The van der Waals surface area contributed by atoms with Gasteiger partial charge in [-0.1, -0.05) is 74.5 Å². The predicted molar refractivity (Wildman–Crippen MR) is 99.5 cm³/mol. The number of carbonyl (C=O) groups excluding carboxylic acids is 1. The zero-order chi connectivity index (χ0) is 18.1. The van der Waals surface area contributed by atoms with Gasteiger partial charge in [0.15, 0.2) is 0 Å². The first-order valence-corrected chi connectivity index (χ1v) is 8.82. The quantitative estimate of drug-likeness (QED) is 0.712. The van der Waals surface area contributed by atoms with E-state index in [4.69, 9.17) is 4.74 Å². The zero-order valence-corrected chi connectivity index (χ0v) is 15.0. The minimum absolute atomic E-state index is 0.00546. The second-order valence-electron chi connectivity index (χ2n) is 6.02. The van der Waals surface area contributed by atoms with E-state index in [2.05, 4.69) is 4.90 Å². The van der Waals surface area contributed by atoms with Crippen LogP contribution in [0.4, 0.5) is 0 Å². The van der Waals surface area contributed by atoms with Crippen LogP contribution in [0.5, 0.6) is 0 Å². The predicted octanol–water partition coefficient (Wildman–Crippen LogP) is 3.06. The van der Waals surface area contributed by atoms with Gasteiger partial charge >= 0.3 is 5.97 Å². The van der Waals surface area contributed by atoms with Gasteiger partial charge in [-0.05, 0) is 24.2 Å². The molecule has 1 unspecified atom stereocenters. The van der Waals surface area contributed by atoms with Gasteiger partial charge in [0.1, 0.15) is 18.6 Å². The number of rotatable bonds is 9. The lowest BCUT2D eigenvalue weighted by Crippen LogP contribution is -2.35. The molecule has 4 heteroatoms. The number of esters is 1. The van der Waals surface area contributed by atoms with Gasteiger partial charge in [-0.25, -0.2) is 0 Å². The number of likely N-dealkylation sites (N-methyl/N-ethyl adjacent to an activating group) is 1. The third kappa shape index (κ3) is 5.69. The summed E-state index contributed by atoms with van der Waals surface area (Å²) in [5.41, 5.74) is 1.77. The molecule has 1 atom stereocenters. The fourth-order valence-electron chi connectivity index (χ4n) is 2.85. The van der Waals surface area contributed by atoms with E-state index in [1.54, 1.807) is 0 Å². The third-order valence-electron chi connectivity index (χ3n) is 4.28. The van der Waals surface area contributed by atoms with Gasteiger partial charge in [-0.3, -0.25) is 4.79 Å². The fraction of sp³-hybridized carbons (Fsp3) is 0.381. The largest absolute Gasteiger partial charge is 0.462 e. The molecule has 0 heterocycles. The number of aliphatic hydroxyl groups excluding tert-OH is 1. The number of carbonyl (C=O) groups is 1. The lowest BCUT2D eigenvalue weighted by molar-refractivity contribution is -0.147. The monoisotopic (exact) mass is 341 g/mol. The van der Waals surface area contributed by atoms with Gasteiger partial charge in [0, 0.05) is 6.54 Å². The van der Waals surface area contributed by atoms with Crippen molar-refractivity contribution in [2.24, 2.45) is 0 Å². The molecule has 4 nitrogen and oxygen atoms in total. The van der Waals surface area contributed by atoms with Crippen LogP contribution in [0, 0.1) is 0 Å². The average molecular weight is 341 g/mol. The molecule has 0 saturated carbocycles. The molecular formula is C21H27NO3. The summed E-state index contributed by atoms with van der Waals surface area (Å²) in [5.74, 6) is -0.820. The normalized spacial score (nSPS) is 12.4. The molecular weight excluding hydrogens is 314 g/mol. The Hall–Kier alpha value is -2.17. The van der Waals surface area contributed by atoms with Crippen LogP contribution in [0.1, 0.15) is 30.9 Å². The highest BCUT2D eigenvalue weighted by Crippen LogP contribution is 2.26. The topological polar surface area (TPSA) is 49.8 Å². The average Bonchev–Trinajstić information content (AvgIpc) is 2.66. The number of ether oxygens (including phenoxy) is 1. The minimum Gasteiger partial charge on any atom is -0.462 e. The molecule has 0 saturated heterocycles. The maximum atomic E-state index is 12.7. The molecule has 25 heavy (non-hydrogen) atoms.